The minimum absolute atomic E-state index is 0.176. The van der Waals surface area contributed by atoms with Crippen LogP contribution in [0.2, 0.25) is 0 Å². The van der Waals surface area contributed by atoms with Crippen molar-refractivity contribution in [2.45, 2.75) is 0 Å². The number of amides is 1. The zero-order chi connectivity index (χ0) is 12.1. The van der Waals surface area contributed by atoms with Gasteiger partial charge in [-0.2, -0.15) is 0 Å². The number of hydrogen-bond acceptors (Lipinski definition) is 4. The van der Waals surface area contributed by atoms with Gasteiger partial charge >= 0.3 is 0 Å². The van der Waals surface area contributed by atoms with Gasteiger partial charge < -0.3 is 0 Å². The van der Waals surface area contributed by atoms with Gasteiger partial charge in [0.15, 0.2) is 0 Å². The van der Waals surface area contributed by atoms with Crippen LogP contribution in [-0.2, 0) is 0 Å². The topological polar surface area (TPSA) is 54.0 Å². The van der Waals surface area contributed by atoms with E-state index in [1.165, 1.54) is 11.3 Å². The maximum absolute atomic E-state index is 11.6. The molecule has 17 heavy (non-hydrogen) atoms. The van der Waals surface area contributed by atoms with Crippen molar-refractivity contribution in [3.8, 4) is 0 Å². The van der Waals surface area contributed by atoms with Crippen molar-refractivity contribution in [1.82, 2.24) is 15.8 Å². The highest BCUT2D eigenvalue weighted by Crippen LogP contribution is 2.08. The Balaban J connectivity index is 1.91. The normalized spacial score (nSPS) is 9.65. The molecule has 2 rings (SSSR count). The third-order valence-electron chi connectivity index (χ3n) is 2.08. The van der Waals surface area contributed by atoms with Crippen molar-refractivity contribution in [1.29, 1.82) is 0 Å². The molecular formula is C12H11N3OS. The monoisotopic (exact) mass is 245 g/mol. The summed E-state index contributed by atoms with van der Waals surface area (Å²) in [6.07, 6.45) is 3.35. The number of hydrogen-bond donors (Lipinski definition) is 2. The molecule has 4 nitrogen and oxygen atoms in total. The van der Waals surface area contributed by atoms with Gasteiger partial charge in [-0.25, -0.2) is 0 Å². The van der Waals surface area contributed by atoms with Crippen LogP contribution >= 0.6 is 11.3 Å². The molecule has 0 spiro atoms. The standard InChI is InChI=1S/C12H11N3OS/c1-9(10-4-2-6-13-8-10)14-15-12(16)11-5-3-7-17-11/h2-8,14H,1H2,(H,15,16). The Hall–Kier alpha value is -2.14. The summed E-state index contributed by atoms with van der Waals surface area (Å²) in [7, 11) is 0. The number of thiophene rings is 1. The molecule has 2 aromatic heterocycles. The quantitative estimate of drug-likeness (QED) is 0.811. The van der Waals surface area contributed by atoms with Gasteiger partial charge in [-0.05, 0) is 23.6 Å². The predicted octanol–water partition coefficient (Wildman–Crippen LogP) is 2.05. The Morgan fingerprint density at radius 3 is 2.82 bits per heavy atom. The molecule has 0 saturated carbocycles. The zero-order valence-electron chi connectivity index (χ0n) is 9.01. The molecule has 0 atom stereocenters. The van der Waals surface area contributed by atoms with Crippen LogP contribution in [0.4, 0.5) is 0 Å². The van der Waals surface area contributed by atoms with Gasteiger partial charge in [-0.3, -0.25) is 20.6 Å². The lowest BCUT2D eigenvalue weighted by molar-refractivity contribution is 0.0946. The molecule has 2 aromatic rings. The van der Waals surface area contributed by atoms with Crippen molar-refractivity contribution in [2.75, 3.05) is 0 Å². The molecule has 2 heterocycles. The van der Waals surface area contributed by atoms with Crippen molar-refractivity contribution in [3.05, 3.63) is 59.1 Å². The molecule has 0 aromatic carbocycles. The lowest BCUT2D eigenvalue weighted by Gasteiger charge is -2.09. The average Bonchev–Trinajstić information content (AvgIpc) is 2.90. The second-order valence-electron chi connectivity index (χ2n) is 3.28. The summed E-state index contributed by atoms with van der Waals surface area (Å²) >= 11 is 1.38. The molecule has 0 radical (unpaired) electrons. The summed E-state index contributed by atoms with van der Waals surface area (Å²) in [6.45, 7) is 3.82. The zero-order valence-corrected chi connectivity index (χ0v) is 9.83. The fraction of sp³-hybridized carbons (Fsp3) is 0. The Morgan fingerprint density at radius 2 is 2.18 bits per heavy atom. The minimum atomic E-state index is -0.176. The molecule has 0 aliphatic carbocycles. The molecule has 86 valence electrons. The number of nitrogens with one attached hydrogen (secondary N) is 2. The summed E-state index contributed by atoms with van der Waals surface area (Å²) in [6, 6.07) is 7.26. The maximum Gasteiger partial charge on any atom is 0.279 e. The largest absolute Gasteiger partial charge is 0.298 e. The highest BCUT2D eigenvalue weighted by atomic mass is 32.1. The van der Waals surface area contributed by atoms with E-state index in [1.54, 1.807) is 18.5 Å². The van der Waals surface area contributed by atoms with Crippen molar-refractivity contribution < 1.29 is 4.79 Å². The number of hydrazine groups is 1. The number of carbonyl (C=O) groups is 1. The van der Waals surface area contributed by atoms with Crippen LogP contribution in [0.1, 0.15) is 15.2 Å². The van der Waals surface area contributed by atoms with Gasteiger partial charge in [0.1, 0.15) is 0 Å². The molecule has 0 unspecified atom stereocenters. The second-order valence-corrected chi connectivity index (χ2v) is 4.22. The van der Waals surface area contributed by atoms with E-state index in [-0.39, 0.29) is 5.91 Å². The van der Waals surface area contributed by atoms with Gasteiger partial charge in [-0.1, -0.05) is 12.6 Å². The Bertz CT molecular complexity index is 508. The molecule has 0 saturated heterocycles. The molecule has 0 fully saturated rings. The van der Waals surface area contributed by atoms with E-state index < -0.39 is 0 Å². The van der Waals surface area contributed by atoms with Gasteiger partial charge in [-0.15, -0.1) is 11.3 Å². The third kappa shape index (κ3) is 2.92. The molecular weight excluding hydrogens is 234 g/mol. The first-order valence-electron chi connectivity index (χ1n) is 4.96. The fourth-order valence-electron chi connectivity index (χ4n) is 1.22. The van der Waals surface area contributed by atoms with E-state index in [4.69, 9.17) is 0 Å². The summed E-state index contributed by atoms with van der Waals surface area (Å²) in [4.78, 5) is 16.2. The molecule has 0 bridgehead atoms. The van der Waals surface area contributed by atoms with Crippen molar-refractivity contribution >= 4 is 22.9 Å². The van der Waals surface area contributed by atoms with Crippen LogP contribution in [0.25, 0.3) is 5.70 Å². The Kier molecular flexibility index (Phi) is 3.52. The van der Waals surface area contributed by atoms with Crippen LogP contribution in [-0.4, -0.2) is 10.9 Å². The summed E-state index contributed by atoms with van der Waals surface area (Å²) in [5, 5.41) is 1.85. The van der Waals surface area contributed by atoms with E-state index in [0.717, 1.165) is 5.56 Å². The fourth-order valence-corrected chi connectivity index (χ4v) is 1.83. The van der Waals surface area contributed by atoms with Gasteiger partial charge in [0.05, 0.1) is 10.6 Å². The maximum atomic E-state index is 11.6. The molecule has 1 amide bonds. The smallest absolute Gasteiger partial charge is 0.279 e. The third-order valence-corrected chi connectivity index (χ3v) is 2.95. The highest BCUT2D eigenvalue weighted by Gasteiger charge is 2.06. The molecule has 2 N–H and O–H groups in total. The number of pyridine rings is 1. The van der Waals surface area contributed by atoms with E-state index in [2.05, 4.69) is 22.4 Å². The lowest BCUT2D eigenvalue weighted by atomic mass is 10.2. The highest BCUT2D eigenvalue weighted by molar-refractivity contribution is 7.12. The van der Waals surface area contributed by atoms with E-state index in [9.17, 15) is 4.79 Å². The van der Waals surface area contributed by atoms with Crippen LogP contribution < -0.4 is 10.9 Å². The van der Waals surface area contributed by atoms with E-state index in [1.807, 2.05) is 23.6 Å². The summed E-state index contributed by atoms with van der Waals surface area (Å²) in [5.41, 5.74) is 6.77. The SMILES string of the molecule is C=C(NNC(=O)c1cccs1)c1cccnc1. The van der Waals surface area contributed by atoms with Crippen LogP contribution in [0.3, 0.4) is 0 Å². The van der Waals surface area contributed by atoms with E-state index in [0.29, 0.717) is 10.6 Å². The average molecular weight is 245 g/mol. The number of rotatable bonds is 4. The van der Waals surface area contributed by atoms with E-state index >= 15 is 0 Å². The molecule has 0 aliphatic rings. The van der Waals surface area contributed by atoms with Gasteiger partial charge in [0, 0.05) is 18.0 Å². The number of nitrogens with zero attached hydrogens (tertiary/aromatic N) is 1. The lowest BCUT2D eigenvalue weighted by Crippen LogP contribution is -2.35. The van der Waals surface area contributed by atoms with Crippen molar-refractivity contribution in [2.24, 2.45) is 0 Å². The van der Waals surface area contributed by atoms with Crippen molar-refractivity contribution in [3.63, 3.8) is 0 Å². The number of carbonyl (C=O) groups excluding carboxylic acids is 1. The van der Waals surface area contributed by atoms with Crippen LogP contribution in [0.15, 0.2) is 48.6 Å². The minimum Gasteiger partial charge on any atom is -0.298 e. The predicted molar refractivity (Wildman–Crippen MR) is 68.2 cm³/mol. The first-order chi connectivity index (χ1) is 8.27. The first kappa shape index (κ1) is 11.3. The van der Waals surface area contributed by atoms with Gasteiger partial charge in [0.25, 0.3) is 5.91 Å². The Morgan fingerprint density at radius 1 is 1.29 bits per heavy atom. The van der Waals surface area contributed by atoms with Crippen LogP contribution in [0.5, 0.6) is 0 Å². The summed E-state index contributed by atoms with van der Waals surface area (Å²) in [5.74, 6) is -0.176. The second kappa shape index (κ2) is 5.27. The van der Waals surface area contributed by atoms with Gasteiger partial charge in [0.2, 0.25) is 0 Å². The van der Waals surface area contributed by atoms with Crippen LogP contribution in [0, 0.1) is 0 Å². The first-order valence-corrected chi connectivity index (χ1v) is 5.84. The number of aromatic nitrogens is 1. The molecule has 0 aliphatic heterocycles. The Labute approximate surface area is 103 Å². The summed E-state index contributed by atoms with van der Waals surface area (Å²) < 4.78 is 0. The molecule has 5 heteroatoms.